The van der Waals surface area contributed by atoms with Crippen LogP contribution in [0.25, 0.3) is 10.6 Å². The average molecular weight is 439 g/mol. The molecule has 0 fully saturated rings. The number of hydrogen-bond acceptors (Lipinski definition) is 5. The molecule has 0 radical (unpaired) electrons. The summed E-state index contributed by atoms with van der Waals surface area (Å²) in [5.74, 6) is 0.399. The monoisotopic (exact) mass is 438 g/mol. The maximum atomic E-state index is 13.2. The lowest BCUT2D eigenvalue weighted by atomic mass is 10.2. The van der Waals surface area contributed by atoms with Crippen LogP contribution in [0.3, 0.4) is 0 Å². The molecule has 0 saturated heterocycles. The van der Waals surface area contributed by atoms with Crippen LogP contribution in [0.4, 0.5) is 13.2 Å². The average Bonchev–Trinajstić information content (AvgIpc) is 3.10. The van der Waals surface area contributed by atoms with Gasteiger partial charge in [-0.3, -0.25) is 0 Å². The summed E-state index contributed by atoms with van der Waals surface area (Å²) in [6, 6.07) is 5.18. The summed E-state index contributed by atoms with van der Waals surface area (Å²) < 4.78 is 41.1. The number of alkyl halides is 3. The topological polar surface area (TPSA) is 43.6 Å². The smallest absolute Gasteiger partial charge is 0.236 e. The number of nitrogens with zero attached hydrogens (tertiary/aromatic N) is 4. The Hall–Kier alpha value is -1.29. The van der Waals surface area contributed by atoms with Crippen LogP contribution < -0.4 is 0 Å². The molecule has 0 N–H and O–H groups in total. The van der Waals surface area contributed by atoms with Gasteiger partial charge in [0.1, 0.15) is 5.69 Å². The van der Waals surface area contributed by atoms with Gasteiger partial charge in [0.15, 0.2) is 5.69 Å². The fourth-order valence-electron chi connectivity index (χ4n) is 2.22. The van der Waals surface area contributed by atoms with Gasteiger partial charge in [0.2, 0.25) is 0 Å². The third-order valence-corrected chi connectivity index (χ3v) is 6.16. The molecule has 4 nitrogen and oxygen atoms in total. The second kappa shape index (κ2) is 7.38. The largest absolute Gasteiger partial charge is 0.434 e. The molecule has 0 bridgehead atoms. The van der Waals surface area contributed by atoms with E-state index in [9.17, 15) is 13.2 Å². The van der Waals surface area contributed by atoms with E-state index in [2.05, 4.69) is 15.3 Å². The first-order valence-electron chi connectivity index (χ1n) is 7.22. The highest BCUT2D eigenvalue weighted by Gasteiger charge is 2.38. The molecule has 0 aliphatic heterocycles. The first-order valence-corrected chi connectivity index (χ1v) is 9.73. The molecule has 3 aromatic rings. The Morgan fingerprint density at radius 1 is 1.19 bits per heavy atom. The van der Waals surface area contributed by atoms with Gasteiger partial charge in [-0.05, 0) is 37.9 Å². The van der Waals surface area contributed by atoms with Crippen LogP contribution in [0.1, 0.15) is 22.0 Å². The Kier molecular flexibility index (Phi) is 5.53. The maximum Gasteiger partial charge on any atom is 0.434 e. The van der Waals surface area contributed by atoms with E-state index in [0.717, 1.165) is 16.9 Å². The Balaban J connectivity index is 1.90. The van der Waals surface area contributed by atoms with E-state index < -0.39 is 11.9 Å². The third-order valence-electron chi connectivity index (χ3n) is 3.47. The molecule has 26 heavy (non-hydrogen) atoms. The van der Waals surface area contributed by atoms with E-state index in [-0.39, 0.29) is 10.6 Å². The number of aryl methyl sites for hydroxylation is 1. The zero-order chi connectivity index (χ0) is 19.1. The molecule has 0 spiro atoms. The Morgan fingerprint density at radius 2 is 1.85 bits per heavy atom. The van der Waals surface area contributed by atoms with Crippen molar-refractivity contribution in [1.82, 2.24) is 19.4 Å². The van der Waals surface area contributed by atoms with Crippen molar-refractivity contribution < 1.29 is 13.2 Å². The minimum atomic E-state index is -4.55. The summed E-state index contributed by atoms with van der Waals surface area (Å²) in [6.07, 6.45) is -4.55. The molecule has 0 aliphatic carbocycles. The first-order chi connectivity index (χ1) is 12.2. The van der Waals surface area contributed by atoms with E-state index in [1.165, 1.54) is 23.0 Å². The lowest BCUT2D eigenvalue weighted by Crippen LogP contribution is -2.07. The fourth-order valence-corrected chi connectivity index (χ4v) is 4.82. The summed E-state index contributed by atoms with van der Waals surface area (Å²) in [5, 5.41) is 9.23. The van der Waals surface area contributed by atoms with Crippen molar-refractivity contribution >= 4 is 46.5 Å². The third kappa shape index (κ3) is 3.85. The van der Waals surface area contributed by atoms with E-state index in [1.54, 1.807) is 25.1 Å². The van der Waals surface area contributed by atoms with Crippen molar-refractivity contribution in [3.63, 3.8) is 0 Å². The van der Waals surface area contributed by atoms with Gasteiger partial charge in [-0.25, -0.2) is 4.98 Å². The highest BCUT2D eigenvalue weighted by atomic mass is 35.5. The number of benzene rings is 1. The summed E-state index contributed by atoms with van der Waals surface area (Å²) >= 11 is 14.5. The Bertz CT molecular complexity index is 933. The van der Waals surface area contributed by atoms with E-state index in [4.69, 9.17) is 23.2 Å². The first kappa shape index (κ1) is 19.5. The van der Waals surface area contributed by atoms with Crippen molar-refractivity contribution in [2.45, 2.75) is 25.8 Å². The van der Waals surface area contributed by atoms with Crippen LogP contribution in [-0.2, 0) is 11.9 Å². The van der Waals surface area contributed by atoms with Gasteiger partial charge in [0, 0.05) is 21.4 Å². The van der Waals surface area contributed by atoms with Crippen LogP contribution in [0.5, 0.6) is 0 Å². The van der Waals surface area contributed by atoms with Crippen molar-refractivity contribution in [3.8, 4) is 10.6 Å². The molecule has 0 atom stereocenters. The van der Waals surface area contributed by atoms with Crippen LogP contribution in [0.2, 0.25) is 10.0 Å². The molecule has 2 heterocycles. The predicted molar refractivity (Wildman–Crippen MR) is 98.8 cm³/mol. The van der Waals surface area contributed by atoms with Gasteiger partial charge in [0.25, 0.3) is 0 Å². The molecule has 3 rings (SSSR count). The zero-order valence-electron chi connectivity index (χ0n) is 13.4. The molecule has 0 amide bonds. The second-order valence-electron chi connectivity index (χ2n) is 5.28. The molecular weight excluding hydrogens is 428 g/mol. The summed E-state index contributed by atoms with van der Waals surface area (Å²) in [5.41, 5.74) is 0.448. The SMILES string of the molecule is Cc1nc(C(F)(F)F)c(-c2nnn(SCc3c(Cl)cccc3Cl)c2C)s1. The van der Waals surface area contributed by atoms with Gasteiger partial charge in [-0.2, -0.15) is 17.3 Å². The van der Waals surface area contributed by atoms with Crippen molar-refractivity contribution in [2.75, 3.05) is 0 Å². The van der Waals surface area contributed by atoms with Gasteiger partial charge >= 0.3 is 6.18 Å². The van der Waals surface area contributed by atoms with Crippen LogP contribution in [-0.4, -0.2) is 19.4 Å². The Labute approximate surface area is 165 Å². The van der Waals surface area contributed by atoms with Gasteiger partial charge in [-0.15, -0.1) is 16.4 Å². The highest BCUT2D eigenvalue weighted by molar-refractivity contribution is 7.97. The number of aromatic nitrogens is 4. The molecular formula is C15H11Cl2F3N4S2. The molecule has 0 saturated carbocycles. The molecule has 0 aliphatic rings. The van der Waals surface area contributed by atoms with E-state index >= 15 is 0 Å². The standard InChI is InChI=1S/C15H11Cl2F3N4S2/c1-7-12(13-14(15(18,19)20)21-8(2)26-13)22-23-24(7)25-6-9-10(16)4-3-5-11(9)17/h3-5H,6H2,1-2H3. The molecule has 11 heteroatoms. The molecule has 138 valence electrons. The van der Waals surface area contributed by atoms with Crippen molar-refractivity contribution in [1.29, 1.82) is 0 Å². The quantitative estimate of drug-likeness (QED) is 0.497. The molecule has 0 unspecified atom stereocenters. The van der Waals surface area contributed by atoms with Crippen LogP contribution in [0, 0.1) is 13.8 Å². The summed E-state index contributed by atoms with van der Waals surface area (Å²) in [4.78, 5) is 3.57. The number of hydrogen-bond donors (Lipinski definition) is 0. The van der Waals surface area contributed by atoms with E-state index in [0.29, 0.717) is 26.5 Å². The van der Waals surface area contributed by atoms with Crippen LogP contribution in [0.15, 0.2) is 18.2 Å². The van der Waals surface area contributed by atoms with Crippen LogP contribution >= 0.6 is 46.5 Å². The van der Waals surface area contributed by atoms with Crippen molar-refractivity contribution in [3.05, 3.63) is 50.2 Å². The van der Waals surface area contributed by atoms with Gasteiger partial charge in [-0.1, -0.05) is 34.5 Å². The predicted octanol–water partition coefficient (Wildman–Crippen LogP) is 6.04. The van der Waals surface area contributed by atoms with E-state index in [1.807, 2.05) is 0 Å². The fraction of sp³-hybridized carbons (Fsp3) is 0.267. The van der Waals surface area contributed by atoms with Gasteiger partial charge in [0.05, 0.1) is 15.6 Å². The number of thiazole rings is 1. The minimum Gasteiger partial charge on any atom is -0.236 e. The zero-order valence-corrected chi connectivity index (χ0v) is 16.6. The lowest BCUT2D eigenvalue weighted by Gasteiger charge is -2.07. The van der Waals surface area contributed by atoms with Crippen molar-refractivity contribution in [2.24, 2.45) is 0 Å². The van der Waals surface area contributed by atoms with Gasteiger partial charge < -0.3 is 0 Å². The normalized spacial score (nSPS) is 12.0. The maximum absolute atomic E-state index is 13.2. The molecule has 1 aromatic carbocycles. The second-order valence-corrected chi connectivity index (χ2v) is 8.19. The summed E-state index contributed by atoms with van der Waals surface area (Å²) in [6.45, 7) is 3.18. The Morgan fingerprint density at radius 3 is 2.46 bits per heavy atom. The number of halogens is 5. The summed E-state index contributed by atoms with van der Waals surface area (Å²) in [7, 11) is 0. The number of rotatable bonds is 4. The molecule has 2 aromatic heterocycles. The highest BCUT2D eigenvalue weighted by Crippen LogP contribution is 2.40. The minimum absolute atomic E-state index is 0.0323. The lowest BCUT2D eigenvalue weighted by molar-refractivity contribution is -0.140.